The molecule has 80 valence electrons. The largest absolute Gasteiger partial charge is 0.311 e. The molecule has 0 fully saturated rings. The van der Waals surface area contributed by atoms with Crippen molar-refractivity contribution in [1.29, 1.82) is 0 Å². The Labute approximate surface area is 105 Å². The van der Waals surface area contributed by atoms with Crippen molar-refractivity contribution in [3.05, 3.63) is 32.7 Å². The molecule has 0 saturated heterocycles. The van der Waals surface area contributed by atoms with Gasteiger partial charge in [0.25, 0.3) is 0 Å². The normalized spacial score (nSPS) is 12.9. The quantitative estimate of drug-likeness (QED) is 0.944. The minimum Gasteiger partial charge on any atom is -0.311 e. The zero-order valence-corrected chi connectivity index (χ0v) is 11.3. The Morgan fingerprint density at radius 2 is 2.40 bits per heavy atom. The minimum atomic E-state index is 0.259. The number of aromatic nitrogens is 2. The topological polar surface area (TPSA) is 37.8 Å². The number of likely N-dealkylation sites (N-methyl/N-ethyl adjacent to an activating group) is 1. The summed E-state index contributed by atoms with van der Waals surface area (Å²) in [6.07, 6.45) is 2.78. The molecule has 0 aromatic carbocycles. The Hall–Kier alpha value is -0.300. The summed E-state index contributed by atoms with van der Waals surface area (Å²) in [5.41, 5.74) is 1.02. The molecule has 0 spiro atoms. The van der Waals surface area contributed by atoms with E-state index in [-0.39, 0.29) is 6.04 Å². The van der Waals surface area contributed by atoms with Crippen LogP contribution in [0.3, 0.4) is 0 Å². The van der Waals surface area contributed by atoms with Gasteiger partial charge in [0.1, 0.15) is 0 Å². The third-order valence-electron chi connectivity index (χ3n) is 2.12. The number of hydrogen-bond donors (Lipinski definition) is 1. The molecule has 1 unspecified atom stereocenters. The highest BCUT2D eigenvalue weighted by atomic mass is 79.9. The van der Waals surface area contributed by atoms with Crippen LogP contribution in [0.5, 0.6) is 0 Å². The summed E-state index contributed by atoms with van der Waals surface area (Å²) in [5, 5.41) is 3.26. The molecule has 0 radical (unpaired) electrons. The van der Waals surface area contributed by atoms with Crippen molar-refractivity contribution in [2.75, 3.05) is 7.05 Å². The summed E-state index contributed by atoms with van der Waals surface area (Å²) in [6.45, 7) is 0. The fourth-order valence-electron chi connectivity index (χ4n) is 1.34. The van der Waals surface area contributed by atoms with E-state index in [9.17, 15) is 0 Å². The van der Waals surface area contributed by atoms with E-state index >= 15 is 0 Å². The van der Waals surface area contributed by atoms with Crippen LogP contribution < -0.4 is 5.32 Å². The monoisotopic (exact) mass is 303 g/mol. The van der Waals surface area contributed by atoms with Gasteiger partial charge in [-0.1, -0.05) is 0 Å². The lowest BCUT2D eigenvalue weighted by Crippen LogP contribution is -2.18. The molecule has 6 heteroatoms. The highest BCUT2D eigenvalue weighted by Gasteiger charge is 2.13. The Kier molecular flexibility index (Phi) is 3.85. The van der Waals surface area contributed by atoms with Crippen LogP contribution in [0.25, 0.3) is 0 Å². The molecule has 0 aliphatic rings. The minimum absolute atomic E-state index is 0.259. The van der Waals surface area contributed by atoms with Crippen molar-refractivity contribution in [2.45, 2.75) is 12.5 Å². The van der Waals surface area contributed by atoms with Crippen molar-refractivity contribution in [1.82, 2.24) is 14.1 Å². The zero-order valence-electron chi connectivity index (χ0n) is 8.11. The molecule has 0 aliphatic carbocycles. The first-order chi connectivity index (χ1) is 7.29. The summed E-state index contributed by atoms with van der Waals surface area (Å²) < 4.78 is 9.44. The molecular weight excluding hydrogens is 294 g/mol. The number of rotatable bonds is 4. The average molecular weight is 304 g/mol. The third-order valence-corrected chi connectivity index (χ3v) is 4.26. The van der Waals surface area contributed by atoms with Gasteiger partial charge in [-0.3, -0.25) is 0 Å². The van der Waals surface area contributed by atoms with Crippen LogP contribution in [0.4, 0.5) is 0 Å². The Bertz CT molecular complexity index is 413. The summed E-state index contributed by atoms with van der Waals surface area (Å²) in [5.74, 6) is 0. The first-order valence-electron chi connectivity index (χ1n) is 4.48. The molecule has 15 heavy (non-hydrogen) atoms. The van der Waals surface area contributed by atoms with Crippen molar-refractivity contribution in [2.24, 2.45) is 0 Å². The van der Waals surface area contributed by atoms with Crippen LogP contribution in [0, 0.1) is 0 Å². The highest BCUT2D eigenvalue weighted by molar-refractivity contribution is 9.11. The van der Waals surface area contributed by atoms with E-state index in [1.807, 2.05) is 13.2 Å². The maximum atomic E-state index is 4.25. The standard InChI is InChI=1S/C9H10BrN3S2/c1-11-7(8-5-12-15-13-8)4-6-2-3-9(10)14-6/h2-3,5,7,11H,4H2,1H3. The van der Waals surface area contributed by atoms with Gasteiger partial charge in [-0.15, -0.1) is 11.3 Å². The van der Waals surface area contributed by atoms with Gasteiger partial charge in [-0.25, -0.2) is 0 Å². The predicted molar refractivity (Wildman–Crippen MR) is 67.4 cm³/mol. The van der Waals surface area contributed by atoms with Crippen LogP contribution >= 0.6 is 39.0 Å². The lowest BCUT2D eigenvalue weighted by atomic mass is 10.1. The van der Waals surface area contributed by atoms with Gasteiger partial charge in [0.15, 0.2) is 0 Å². The fourth-order valence-corrected chi connectivity index (χ4v) is 3.34. The molecule has 0 amide bonds. The number of nitrogens with zero attached hydrogens (tertiary/aromatic N) is 2. The maximum Gasteiger partial charge on any atom is 0.0915 e. The van der Waals surface area contributed by atoms with Gasteiger partial charge in [0.05, 0.1) is 33.4 Å². The maximum absolute atomic E-state index is 4.25. The molecule has 0 bridgehead atoms. The average Bonchev–Trinajstić information content (AvgIpc) is 2.85. The van der Waals surface area contributed by atoms with Crippen molar-refractivity contribution >= 4 is 39.0 Å². The summed E-state index contributed by atoms with van der Waals surface area (Å²) in [6, 6.07) is 4.47. The Balaban J connectivity index is 2.09. The van der Waals surface area contributed by atoms with Crippen LogP contribution in [-0.4, -0.2) is 15.8 Å². The van der Waals surface area contributed by atoms with E-state index in [2.05, 4.69) is 42.1 Å². The molecule has 1 atom stereocenters. The van der Waals surface area contributed by atoms with Gasteiger partial charge in [-0.2, -0.15) is 8.75 Å². The first-order valence-corrected chi connectivity index (χ1v) is 6.82. The second-order valence-electron chi connectivity index (χ2n) is 3.08. The van der Waals surface area contributed by atoms with E-state index in [1.165, 1.54) is 20.4 Å². The molecule has 3 nitrogen and oxygen atoms in total. The van der Waals surface area contributed by atoms with Gasteiger partial charge >= 0.3 is 0 Å². The third kappa shape index (κ3) is 2.84. The molecule has 2 rings (SSSR count). The number of hydrogen-bond acceptors (Lipinski definition) is 5. The smallest absolute Gasteiger partial charge is 0.0915 e. The highest BCUT2D eigenvalue weighted by Crippen LogP contribution is 2.26. The molecular formula is C9H10BrN3S2. The lowest BCUT2D eigenvalue weighted by Gasteiger charge is -2.11. The zero-order chi connectivity index (χ0) is 10.7. The van der Waals surface area contributed by atoms with Gasteiger partial charge in [0.2, 0.25) is 0 Å². The second-order valence-corrected chi connectivity index (χ2v) is 6.19. The SMILES string of the molecule is CNC(Cc1ccc(Br)s1)c1cnsn1. The van der Waals surface area contributed by atoms with Crippen molar-refractivity contribution in [3.63, 3.8) is 0 Å². The van der Waals surface area contributed by atoms with Crippen molar-refractivity contribution < 1.29 is 0 Å². The van der Waals surface area contributed by atoms with Gasteiger partial charge < -0.3 is 5.32 Å². The van der Waals surface area contributed by atoms with E-state index < -0.39 is 0 Å². The van der Waals surface area contributed by atoms with E-state index in [0.29, 0.717) is 0 Å². The van der Waals surface area contributed by atoms with Crippen LogP contribution in [0.15, 0.2) is 22.1 Å². The predicted octanol–water partition coefficient (Wildman–Crippen LogP) is 2.87. The van der Waals surface area contributed by atoms with Crippen LogP contribution in [0.1, 0.15) is 16.6 Å². The molecule has 0 saturated carbocycles. The fraction of sp³-hybridized carbons (Fsp3) is 0.333. The van der Waals surface area contributed by atoms with E-state index in [4.69, 9.17) is 0 Å². The molecule has 2 aromatic rings. The van der Waals surface area contributed by atoms with E-state index in [0.717, 1.165) is 12.1 Å². The summed E-state index contributed by atoms with van der Waals surface area (Å²) >= 11 is 6.48. The molecule has 1 N–H and O–H groups in total. The summed E-state index contributed by atoms with van der Waals surface area (Å²) in [7, 11) is 1.95. The van der Waals surface area contributed by atoms with Gasteiger partial charge in [-0.05, 0) is 35.1 Å². The van der Waals surface area contributed by atoms with E-state index in [1.54, 1.807) is 11.3 Å². The van der Waals surface area contributed by atoms with Gasteiger partial charge in [0, 0.05) is 11.3 Å². The second kappa shape index (κ2) is 5.16. The molecule has 2 aromatic heterocycles. The number of thiophene rings is 1. The number of halogens is 1. The molecule has 2 heterocycles. The summed E-state index contributed by atoms with van der Waals surface area (Å²) in [4.78, 5) is 1.34. The Morgan fingerprint density at radius 3 is 2.93 bits per heavy atom. The molecule has 0 aliphatic heterocycles. The van der Waals surface area contributed by atoms with Crippen LogP contribution in [0.2, 0.25) is 0 Å². The van der Waals surface area contributed by atoms with Crippen LogP contribution in [-0.2, 0) is 6.42 Å². The van der Waals surface area contributed by atoms with Crippen molar-refractivity contribution in [3.8, 4) is 0 Å². The lowest BCUT2D eigenvalue weighted by molar-refractivity contribution is 0.585. The number of nitrogens with one attached hydrogen (secondary N) is 1. The Morgan fingerprint density at radius 1 is 1.53 bits per heavy atom. The first kappa shape index (κ1) is 11.2.